The Hall–Kier alpha value is -1.76. The molecule has 0 saturated heterocycles. The van der Waals surface area contributed by atoms with Crippen molar-refractivity contribution in [1.29, 1.82) is 0 Å². The fraction of sp³-hybridized carbons (Fsp3) is 0.462. The molecule has 0 aromatic heterocycles. The Labute approximate surface area is 115 Å². The molecule has 0 aliphatic heterocycles. The Kier molecular flexibility index (Phi) is 4.99. The smallest absolute Gasteiger partial charge is 0.394 e. The molecule has 0 radical (unpaired) electrons. The van der Waals surface area contributed by atoms with Crippen LogP contribution in [0.2, 0.25) is 0 Å². The standard InChI is InChI=1S/C13H17F3N2O2/c1-3-12(2,8-19)18-11(20)17-10-7-5-4-6-9(10)13(14,15)16/h4-7,19H,3,8H2,1-2H3,(H2,17,18,20). The van der Waals surface area contributed by atoms with Gasteiger partial charge in [0.05, 0.1) is 23.4 Å². The van der Waals surface area contributed by atoms with Crippen LogP contribution in [0.4, 0.5) is 23.7 Å². The van der Waals surface area contributed by atoms with Gasteiger partial charge in [-0.2, -0.15) is 13.2 Å². The molecule has 112 valence electrons. The Bertz CT molecular complexity index is 471. The molecule has 1 aromatic rings. The van der Waals surface area contributed by atoms with Crippen LogP contribution in [0.5, 0.6) is 0 Å². The van der Waals surface area contributed by atoms with Crippen molar-refractivity contribution < 1.29 is 23.1 Å². The fourth-order valence-corrected chi connectivity index (χ4v) is 1.51. The molecule has 1 unspecified atom stereocenters. The summed E-state index contributed by atoms with van der Waals surface area (Å²) in [6.07, 6.45) is -4.10. The average molecular weight is 290 g/mol. The number of rotatable bonds is 4. The zero-order valence-corrected chi connectivity index (χ0v) is 11.2. The Balaban J connectivity index is 2.87. The third kappa shape index (κ3) is 4.12. The highest BCUT2D eigenvalue weighted by atomic mass is 19.4. The van der Waals surface area contributed by atoms with Crippen molar-refractivity contribution in [2.45, 2.75) is 32.0 Å². The van der Waals surface area contributed by atoms with Crippen LogP contribution >= 0.6 is 0 Å². The number of aliphatic hydroxyl groups excluding tert-OH is 1. The summed E-state index contributed by atoms with van der Waals surface area (Å²) in [4.78, 5) is 11.7. The minimum Gasteiger partial charge on any atom is -0.394 e. The monoisotopic (exact) mass is 290 g/mol. The lowest BCUT2D eigenvalue weighted by atomic mass is 10.0. The molecule has 0 aliphatic rings. The number of alkyl halides is 3. The SMILES string of the molecule is CCC(C)(CO)NC(=O)Nc1ccccc1C(F)(F)F. The highest BCUT2D eigenvalue weighted by molar-refractivity contribution is 5.90. The third-order valence-electron chi connectivity index (χ3n) is 3.03. The predicted octanol–water partition coefficient (Wildman–Crippen LogP) is 2.99. The van der Waals surface area contributed by atoms with Crippen molar-refractivity contribution in [3.05, 3.63) is 29.8 Å². The number of para-hydroxylation sites is 1. The number of carbonyl (C=O) groups excluding carboxylic acids is 1. The molecule has 1 rings (SSSR count). The quantitative estimate of drug-likeness (QED) is 0.798. The molecule has 0 bridgehead atoms. The van der Waals surface area contributed by atoms with Gasteiger partial charge < -0.3 is 15.7 Å². The van der Waals surface area contributed by atoms with E-state index in [2.05, 4.69) is 10.6 Å². The molecule has 1 aromatic carbocycles. The van der Waals surface area contributed by atoms with Gasteiger partial charge in [-0.15, -0.1) is 0 Å². The first kappa shape index (κ1) is 16.3. The molecule has 0 saturated carbocycles. The minimum atomic E-state index is -4.55. The van der Waals surface area contributed by atoms with Gasteiger partial charge in [-0.25, -0.2) is 4.79 Å². The first-order valence-corrected chi connectivity index (χ1v) is 6.08. The third-order valence-corrected chi connectivity index (χ3v) is 3.03. The highest BCUT2D eigenvalue weighted by Gasteiger charge is 2.34. The van der Waals surface area contributed by atoms with E-state index in [1.54, 1.807) is 13.8 Å². The number of benzene rings is 1. The van der Waals surface area contributed by atoms with Crippen LogP contribution in [0.3, 0.4) is 0 Å². The molecule has 0 spiro atoms. The van der Waals surface area contributed by atoms with Crippen LogP contribution in [0.1, 0.15) is 25.8 Å². The van der Waals surface area contributed by atoms with Crippen LogP contribution in [0, 0.1) is 0 Å². The van der Waals surface area contributed by atoms with Gasteiger partial charge in [0.15, 0.2) is 0 Å². The number of hydrogen-bond donors (Lipinski definition) is 3. The van der Waals surface area contributed by atoms with Gasteiger partial charge >= 0.3 is 12.2 Å². The molecule has 4 nitrogen and oxygen atoms in total. The van der Waals surface area contributed by atoms with Crippen LogP contribution in [0.15, 0.2) is 24.3 Å². The summed E-state index contributed by atoms with van der Waals surface area (Å²) < 4.78 is 38.3. The second-order valence-electron chi connectivity index (χ2n) is 4.69. The number of anilines is 1. The lowest BCUT2D eigenvalue weighted by Crippen LogP contribution is -2.50. The van der Waals surface area contributed by atoms with E-state index in [0.29, 0.717) is 6.42 Å². The summed E-state index contributed by atoms with van der Waals surface area (Å²) in [6.45, 7) is 3.04. The number of nitrogens with one attached hydrogen (secondary N) is 2. The van der Waals surface area contributed by atoms with Gasteiger partial charge in [0.2, 0.25) is 0 Å². The molecule has 0 aliphatic carbocycles. The number of amides is 2. The zero-order valence-electron chi connectivity index (χ0n) is 11.2. The summed E-state index contributed by atoms with van der Waals surface area (Å²) >= 11 is 0. The molecule has 3 N–H and O–H groups in total. The summed E-state index contributed by atoms with van der Waals surface area (Å²) in [5.74, 6) is 0. The van der Waals surface area contributed by atoms with Crippen LogP contribution in [-0.2, 0) is 6.18 Å². The van der Waals surface area contributed by atoms with Gasteiger partial charge in [-0.05, 0) is 25.5 Å². The Morgan fingerprint density at radius 3 is 2.40 bits per heavy atom. The van der Waals surface area contributed by atoms with Gasteiger partial charge in [0, 0.05) is 0 Å². The van der Waals surface area contributed by atoms with E-state index < -0.39 is 23.3 Å². The van der Waals surface area contributed by atoms with Crippen molar-refractivity contribution in [3.8, 4) is 0 Å². The van der Waals surface area contributed by atoms with Crippen LogP contribution in [0.25, 0.3) is 0 Å². The van der Waals surface area contributed by atoms with E-state index in [1.807, 2.05) is 0 Å². The van der Waals surface area contributed by atoms with Crippen molar-refractivity contribution >= 4 is 11.7 Å². The van der Waals surface area contributed by atoms with E-state index in [0.717, 1.165) is 6.07 Å². The van der Waals surface area contributed by atoms with Crippen molar-refractivity contribution in [1.82, 2.24) is 5.32 Å². The first-order chi connectivity index (χ1) is 9.22. The van der Waals surface area contributed by atoms with Gasteiger partial charge in [-0.1, -0.05) is 19.1 Å². The first-order valence-electron chi connectivity index (χ1n) is 6.08. The summed E-state index contributed by atoms with van der Waals surface area (Å²) in [6, 6.07) is 3.91. The van der Waals surface area contributed by atoms with E-state index in [9.17, 15) is 18.0 Å². The largest absolute Gasteiger partial charge is 0.418 e. The summed E-state index contributed by atoms with van der Waals surface area (Å²) in [5.41, 5.74) is -2.12. The van der Waals surface area contributed by atoms with Gasteiger partial charge in [0.1, 0.15) is 0 Å². The average Bonchev–Trinajstić information content (AvgIpc) is 2.37. The number of carbonyl (C=O) groups is 1. The zero-order chi connectivity index (χ0) is 15.4. The van der Waals surface area contributed by atoms with Gasteiger partial charge in [0.25, 0.3) is 0 Å². The van der Waals surface area contributed by atoms with Crippen molar-refractivity contribution in [2.24, 2.45) is 0 Å². The molecular weight excluding hydrogens is 273 g/mol. The molecular formula is C13H17F3N2O2. The highest BCUT2D eigenvalue weighted by Crippen LogP contribution is 2.34. The van der Waals surface area contributed by atoms with E-state index >= 15 is 0 Å². The Morgan fingerprint density at radius 2 is 1.90 bits per heavy atom. The topological polar surface area (TPSA) is 61.4 Å². The van der Waals surface area contributed by atoms with E-state index in [-0.39, 0.29) is 12.3 Å². The molecule has 20 heavy (non-hydrogen) atoms. The molecule has 0 heterocycles. The number of urea groups is 1. The van der Waals surface area contributed by atoms with Crippen LogP contribution in [-0.4, -0.2) is 23.3 Å². The molecule has 2 amide bonds. The summed E-state index contributed by atoms with van der Waals surface area (Å²) in [7, 11) is 0. The number of hydrogen-bond acceptors (Lipinski definition) is 2. The lowest BCUT2D eigenvalue weighted by Gasteiger charge is -2.27. The second kappa shape index (κ2) is 6.13. The summed E-state index contributed by atoms with van der Waals surface area (Å²) in [5, 5.41) is 13.8. The molecule has 7 heteroatoms. The molecule has 0 fully saturated rings. The molecule has 1 atom stereocenters. The maximum Gasteiger partial charge on any atom is 0.418 e. The number of aliphatic hydroxyl groups is 1. The minimum absolute atomic E-state index is 0.308. The lowest BCUT2D eigenvalue weighted by molar-refractivity contribution is -0.136. The maximum atomic E-state index is 12.8. The van der Waals surface area contributed by atoms with Crippen LogP contribution < -0.4 is 10.6 Å². The van der Waals surface area contributed by atoms with E-state index in [4.69, 9.17) is 5.11 Å². The second-order valence-corrected chi connectivity index (χ2v) is 4.69. The Morgan fingerprint density at radius 1 is 1.30 bits per heavy atom. The van der Waals surface area contributed by atoms with Crippen molar-refractivity contribution in [2.75, 3.05) is 11.9 Å². The fourth-order valence-electron chi connectivity index (χ4n) is 1.51. The normalized spacial score (nSPS) is 14.5. The van der Waals surface area contributed by atoms with E-state index in [1.165, 1.54) is 18.2 Å². The van der Waals surface area contributed by atoms with Gasteiger partial charge in [-0.3, -0.25) is 0 Å². The van der Waals surface area contributed by atoms with Crippen molar-refractivity contribution in [3.63, 3.8) is 0 Å². The number of halogens is 3. The predicted molar refractivity (Wildman–Crippen MR) is 69.4 cm³/mol. The maximum absolute atomic E-state index is 12.8.